The number of nitrogens with zero attached hydrogens (tertiary/aromatic N) is 2. The predicted octanol–water partition coefficient (Wildman–Crippen LogP) is 2.42. The van der Waals surface area contributed by atoms with E-state index in [-0.39, 0.29) is 12.3 Å². The molecule has 0 spiro atoms. The van der Waals surface area contributed by atoms with Gasteiger partial charge < -0.3 is 14.7 Å². The highest BCUT2D eigenvalue weighted by Gasteiger charge is 2.11. The van der Waals surface area contributed by atoms with Crippen LogP contribution in [0.5, 0.6) is 5.75 Å². The van der Waals surface area contributed by atoms with E-state index in [2.05, 4.69) is 4.98 Å². The first-order chi connectivity index (χ1) is 9.58. The fourth-order valence-corrected chi connectivity index (χ4v) is 1.76. The van der Waals surface area contributed by atoms with Crippen LogP contribution in [0.3, 0.4) is 0 Å². The topological polar surface area (TPSA) is 62.7 Å². The minimum absolute atomic E-state index is 0.0243. The summed E-state index contributed by atoms with van der Waals surface area (Å²) in [6.07, 6.45) is 1.46. The molecule has 0 aliphatic heterocycles. The lowest BCUT2D eigenvalue weighted by molar-refractivity contribution is 0.0687. The number of aromatic carboxylic acids is 1. The van der Waals surface area contributed by atoms with Crippen LogP contribution in [0.2, 0.25) is 0 Å². The molecule has 0 bridgehead atoms. The molecule has 1 aromatic carbocycles. The summed E-state index contributed by atoms with van der Waals surface area (Å²) in [6, 6.07) is 11.0. The van der Waals surface area contributed by atoms with Crippen LogP contribution in [0.25, 0.3) is 0 Å². The van der Waals surface area contributed by atoms with Crippen molar-refractivity contribution < 1.29 is 14.6 Å². The van der Waals surface area contributed by atoms with Crippen molar-refractivity contribution in [2.45, 2.75) is 6.61 Å². The molecule has 5 heteroatoms. The van der Waals surface area contributed by atoms with Gasteiger partial charge >= 0.3 is 5.97 Å². The van der Waals surface area contributed by atoms with Gasteiger partial charge in [0.15, 0.2) is 5.69 Å². The number of benzene rings is 1. The molecule has 2 rings (SSSR count). The van der Waals surface area contributed by atoms with E-state index in [4.69, 9.17) is 9.84 Å². The Kier molecular flexibility index (Phi) is 4.20. The van der Waals surface area contributed by atoms with Gasteiger partial charge in [0.1, 0.15) is 12.4 Å². The monoisotopic (exact) mass is 272 g/mol. The van der Waals surface area contributed by atoms with Crippen LogP contribution < -0.4 is 9.64 Å². The summed E-state index contributed by atoms with van der Waals surface area (Å²) >= 11 is 0. The van der Waals surface area contributed by atoms with Crippen molar-refractivity contribution in [3.8, 4) is 5.75 Å². The molecule has 1 heterocycles. The van der Waals surface area contributed by atoms with Crippen LogP contribution in [0.15, 0.2) is 42.6 Å². The van der Waals surface area contributed by atoms with E-state index in [1.165, 1.54) is 6.20 Å². The van der Waals surface area contributed by atoms with Gasteiger partial charge in [0.25, 0.3) is 0 Å². The SMILES string of the molecule is CN(C)c1cccc(OCc2cccnc2C(=O)O)c1. The first kappa shape index (κ1) is 13.9. The first-order valence-corrected chi connectivity index (χ1v) is 6.15. The number of carboxylic acid groups (broad SMARTS) is 1. The Hall–Kier alpha value is -2.56. The number of rotatable bonds is 5. The molecule has 1 N–H and O–H groups in total. The van der Waals surface area contributed by atoms with Crippen LogP contribution >= 0.6 is 0 Å². The van der Waals surface area contributed by atoms with Crippen molar-refractivity contribution >= 4 is 11.7 Å². The highest BCUT2D eigenvalue weighted by molar-refractivity contribution is 5.86. The molecule has 0 atom stereocenters. The van der Waals surface area contributed by atoms with Gasteiger partial charge in [-0.15, -0.1) is 0 Å². The number of ether oxygens (including phenoxy) is 1. The third-order valence-corrected chi connectivity index (χ3v) is 2.82. The van der Waals surface area contributed by atoms with E-state index in [1.807, 2.05) is 43.3 Å². The van der Waals surface area contributed by atoms with Crippen LogP contribution in [-0.4, -0.2) is 30.2 Å². The van der Waals surface area contributed by atoms with Crippen LogP contribution in [0, 0.1) is 0 Å². The maximum atomic E-state index is 11.1. The first-order valence-electron chi connectivity index (χ1n) is 6.15. The van der Waals surface area contributed by atoms with E-state index < -0.39 is 5.97 Å². The minimum Gasteiger partial charge on any atom is -0.489 e. The Morgan fingerprint density at radius 2 is 2.10 bits per heavy atom. The Morgan fingerprint density at radius 3 is 2.80 bits per heavy atom. The number of hydrogen-bond donors (Lipinski definition) is 1. The average Bonchev–Trinajstić information content (AvgIpc) is 2.45. The van der Waals surface area contributed by atoms with Crippen molar-refractivity contribution in [2.24, 2.45) is 0 Å². The molecule has 0 saturated heterocycles. The number of hydrogen-bond acceptors (Lipinski definition) is 4. The lowest BCUT2D eigenvalue weighted by Crippen LogP contribution is -2.09. The molecule has 0 aliphatic carbocycles. The second-order valence-electron chi connectivity index (χ2n) is 4.50. The summed E-state index contributed by atoms with van der Waals surface area (Å²) in [7, 11) is 3.89. The Balaban J connectivity index is 2.13. The lowest BCUT2D eigenvalue weighted by Gasteiger charge is -2.14. The number of anilines is 1. The summed E-state index contributed by atoms with van der Waals surface area (Å²) in [6.45, 7) is 0.173. The Bertz CT molecular complexity index is 612. The van der Waals surface area contributed by atoms with Crippen LogP contribution in [0.1, 0.15) is 16.1 Å². The van der Waals surface area contributed by atoms with Gasteiger partial charge in [-0.2, -0.15) is 0 Å². The zero-order chi connectivity index (χ0) is 14.5. The van der Waals surface area contributed by atoms with Gasteiger partial charge in [0, 0.05) is 37.6 Å². The minimum atomic E-state index is -1.05. The predicted molar refractivity (Wildman–Crippen MR) is 76.3 cm³/mol. The Morgan fingerprint density at radius 1 is 1.30 bits per heavy atom. The number of aromatic nitrogens is 1. The maximum Gasteiger partial charge on any atom is 0.354 e. The summed E-state index contributed by atoms with van der Waals surface area (Å²) < 4.78 is 5.64. The van der Waals surface area contributed by atoms with Crippen molar-refractivity contribution in [2.75, 3.05) is 19.0 Å². The lowest BCUT2D eigenvalue weighted by atomic mass is 10.2. The van der Waals surface area contributed by atoms with Gasteiger partial charge in [-0.05, 0) is 18.2 Å². The Labute approximate surface area is 117 Å². The van der Waals surface area contributed by atoms with Gasteiger partial charge in [-0.1, -0.05) is 12.1 Å². The molecule has 2 aromatic rings. The molecule has 5 nitrogen and oxygen atoms in total. The third kappa shape index (κ3) is 3.26. The van der Waals surface area contributed by atoms with Crippen LogP contribution in [0.4, 0.5) is 5.69 Å². The number of carbonyl (C=O) groups is 1. The molecule has 20 heavy (non-hydrogen) atoms. The molecule has 0 aliphatic rings. The quantitative estimate of drug-likeness (QED) is 0.905. The second kappa shape index (κ2) is 6.06. The maximum absolute atomic E-state index is 11.1. The summed E-state index contributed by atoms with van der Waals surface area (Å²) in [5, 5.41) is 9.06. The highest BCUT2D eigenvalue weighted by Crippen LogP contribution is 2.20. The van der Waals surface area contributed by atoms with Crippen molar-refractivity contribution in [3.05, 3.63) is 53.9 Å². The van der Waals surface area contributed by atoms with Crippen molar-refractivity contribution in [1.82, 2.24) is 4.98 Å². The molecule has 0 amide bonds. The van der Waals surface area contributed by atoms with Crippen LogP contribution in [-0.2, 0) is 6.61 Å². The standard InChI is InChI=1S/C15H16N2O3/c1-17(2)12-6-3-7-13(9-12)20-10-11-5-4-8-16-14(11)15(18)19/h3-9H,10H2,1-2H3,(H,18,19). The summed E-state index contributed by atoms with van der Waals surface area (Å²) in [5.41, 5.74) is 1.60. The molecule has 0 fully saturated rings. The van der Waals surface area contributed by atoms with Gasteiger partial charge in [0.2, 0.25) is 0 Å². The van der Waals surface area contributed by atoms with Crippen molar-refractivity contribution in [3.63, 3.8) is 0 Å². The zero-order valence-electron chi connectivity index (χ0n) is 11.4. The van der Waals surface area contributed by atoms with E-state index in [9.17, 15) is 4.79 Å². The fraction of sp³-hybridized carbons (Fsp3) is 0.200. The number of carboxylic acids is 1. The molecule has 0 saturated carbocycles. The highest BCUT2D eigenvalue weighted by atomic mass is 16.5. The van der Waals surface area contributed by atoms with E-state index in [0.29, 0.717) is 11.3 Å². The van der Waals surface area contributed by atoms with E-state index in [1.54, 1.807) is 12.1 Å². The average molecular weight is 272 g/mol. The molecular weight excluding hydrogens is 256 g/mol. The van der Waals surface area contributed by atoms with E-state index in [0.717, 1.165) is 5.69 Å². The normalized spacial score (nSPS) is 10.1. The molecule has 0 radical (unpaired) electrons. The van der Waals surface area contributed by atoms with Crippen molar-refractivity contribution in [1.29, 1.82) is 0 Å². The van der Waals surface area contributed by atoms with Gasteiger partial charge in [-0.25, -0.2) is 9.78 Å². The fourth-order valence-electron chi connectivity index (χ4n) is 1.76. The largest absolute Gasteiger partial charge is 0.489 e. The number of pyridine rings is 1. The molecular formula is C15H16N2O3. The second-order valence-corrected chi connectivity index (χ2v) is 4.50. The van der Waals surface area contributed by atoms with E-state index >= 15 is 0 Å². The third-order valence-electron chi connectivity index (χ3n) is 2.82. The molecule has 104 valence electrons. The summed E-state index contributed by atoms with van der Waals surface area (Å²) in [4.78, 5) is 16.9. The zero-order valence-corrected chi connectivity index (χ0v) is 11.4. The molecule has 1 aromatic heterocycles. The summed E-state index contributed by atoms with van der Waals surface area (Å²) in [5.74, 6) is -0.359. The van der Waals surface area contributed by atoms with Gasteiger partial charge in [0.05, 0.1) is 0 Å². The van der Waals surface area contributed by atoms with Gasteiger partial charge in [-0.3, -0.25) is 0 Å². The smallest absolute Gasteiger partial charge is 0.354 e. The molecule has 0 unspecified atom stereocenters.